The topological polar surface area (TPSA) is 79.4 Å². The van der Waals surface area contributed by atoms with Crippen LogP contribution in [0.15, 0.2) is 109 Å². The van der Waals surface area contributed by atoms with Crippen LogP contribution in [0.25, 0.3) is 10.9 Å². The van der Waals surface area contributed by atoms with Crippen LogP contribution in [0.4, 0.5) is 0 Å². The zero-order chi connectivity index (χ0) is 28.1. The van der Waals surface area contributed by atoms with Crippen molar-refractivity contribution in [1.82, 2.24) is 9.78 Å². The Morgan fingerprint density at radius 3 is 1.62 bits per heavy atom. The summed E-state index contributed by atoms with van der Waals surface area (Å²) in [4.78, 5) is 12.9. The quantitative estimate of drug-likeness (QED) is 0.240. The molecule has 7 heteroatoms. The highest BCUT2D eigenvalue weighted by atomic mass is 16.7. The predicted molar refractivity (Wildman–Crippen MR) is 159 cm³/mol. The molecule has 1 aliphatic heterocycles. The number of hydrogen-bond donors (Lipinski definition) is 1. The number of benzene rings is 4. The fourth-order valence-electron chi connectivity index (χ4n) is 5.60. The van der Waals surface area contributed by atoms with Crippen molar-refractivity contribution in [2.45, 2.75) is 44.4 Å². The summed E-state index contributed by atoms with van der Waals surface area (Å²) in [5.74, 6) is -0.599. The van der Waals surface area contributed by atoms with Gasteiger partial charge in [0, 0.05) is 5.39 Å². The van der Waals surface area contributed by atoms with E-state index in [1.807, 2.05) is 105 Å². The van der Waals surface area contributed by atoms with Crippen molar-refractivity contribution in [3.63, 3.8) is 0 Å². The standard InChI is InChI=1S/C33H32BN3O3/c1-31(2)32(3,4)40-34(39-31)26-20-21-28-27(22-26)29(30(35)38)36-37(28)33(23-14-8-5-9-15-23,24-16-10-6-11-17-24)25-18-12-7-13-19-25/h5-22H,1-4H3,(H2,35,38). The second kappa shape index (κ2) is 9.47. The van der Waals surface area contributed by atoms with Crippen LogP contribution in [0, 0.1) is 0 Å². The molecule has 0 atom stereocenters. The molecule has 4 aromatic carbocycles. The van der Waals surface area contributed by atoms with Gasteiger partial charge in [-0.25, -0.2) is 4.68 Å². The Morgan fingerprint density at radius 1 is 0.750 bits per heavy atom. The average Bonchev–Trinajstić information content (AvgIpc) is 3.44. The molecule has 6 nitrogen and oxygen atoms in total. The highest BCUT2D eigenvalue weighted by Crippen LogP contribution is 2.43. The third-order valence-electron chi connectivity index (χ3n) is 8.36. The van der Waals surface area contributed by atoms with Crippen LogP contribution in [0.2, 0.25) is 0 Å². The summed E-state index contributed by atoms with van der Waals surface area (Å²) in [6, 6.07) is 36.6. The van der Waals surface area contributed by atoms with Crippen molar-refractivity contribution in [2.75, 3.05) is 0 Å². The Morgan fingerprint density at radius 2 is 1.20 bits per heavy atom. The van der Waals surface area contributed by atoms with Crippen molar-refractivity contribution in [3.8, 4) is 0 Å². The maximum Gasteiger partial charge on any atom is 0.494 e. The highest BCUT2D eigenvalue weighted by Gasteiger charge is 2.52. The van der Waals surface area contributed by atoms with Gasteiger partial charge in [-0.3, -0.25) is 4.79 Å². The van der Waals surface area contributed by atoms with Crippen LogP contribution in [0.5, 0.6) is 0 Å². The molecule has 2 heterocycles. The molecule has 0 radical (unpaired) electrons. The molecule has 1 aliphatic rings. The number of aromatic nitrogens is 2. The van der Waals surface area contributed by atoms with Crippen molar-refractivity contribution < 1.29 is 14.1 Å². The lowest BCUT2D eigenvalue weighted by molar-refractivity contribution is 0.00578. The molecule has 5 aromatic rings. The highest BCUT2D eigenvalue weighted by molar-refractivity contribution is 6.62. The molecule has 40 heavy (non-hydrogen) atoms. The van der Waals surface area contributed by atoms with Gasteiger partial charge in [0.15, 0.2) is 5.69 Å². The molecule has 0 spiro atoms. The largest absolute Gasteiger partial charge is 0.494 e. The van der Waals surface area contributed by atoms with Crippen LogP contribution >= 0.6 is 0 Å². The van der Waals surface area contributed by atoms with Crippen LogP contribution in [-0.2, 0) is 14.8 Å². The second-order valence-corrected chi connectivity index (χ2v) is 11.3. The van der Waals surface area contributed by atoms with E-state index >= 15 is 0 Å². The number of carbonyl (C=O) groups is 1. The number of nitrogens with two attached hydrogens (primary N) is 1. The zero-order valence-electron chi connectivity index (χ0n) is 23.2. The van der Waals surface area contributed by atoms with Gasteiger partial charge in [0.1, 0.15) is 5.54 Å². The SMILES string of the molecule is CC1(C)OB(c2ccc3c(c2)c(C(N)=O)nn3C(c2ccccc2)(c2ccccc2)c2ccccc2)OC1(C)C. The van der Waals surface area contributed by atoms with Gasteiger partial charge in [0.05, 0.1) is 16.7 Å². The number of fused-ring (bicyclic) bond motifs is 1. The molecule has 1 fully saturated rings. The Hall–Kier alpha value is -4.20. The van der Waals surface area contributed by atoms with E-state index in [4.69, 9.17) is 20.1 Å². The summed E-state index contributed by atoms with van der Waals surface area (Å²) in [7, 11) is -0.583. The Kier molecular flexibility index (Phi) is 6.17. The van der Waals surface area contributed by atoms with Gasteiger partial charge >= 0.3 is 7.12 Å². The zero-order valence-corrected chi connectivity index (χ0v) is 23.2. The molecule has 0 unspecified atom stereocenters. The first kappa shape index (κ1) is 26.0. The van der Waals surface area contributed by atoms with E-state index in [-0.39, 0.29) is 5.69 Å². The first-order valence-electron chi connectivity index (χ1n) is 13.5. The maximum atomic E-state index is 12.9. The molecule has 0 saturated carbocycles. The third-order valence-corrected chi connectivity index (χ3v) is 8.36. The van der Waals surface area contributed by atoms with E-state index < -0.39 is 29.8 Å². The fourth-order valence-corrected chi connectivity index (χ4v) is 5.60. The number of nitrogens with zero attached hydrogens (tertiary/aromatic N) is 2. The first-order chi connectivity index (χ1) is 19.1. The lowest BCUT2D eigenvalue weighted by Gasteiger charge is -2.37. The average molecular weight is 529 g/mol. The van der Waals surface area contributed by atoms with Gasteiger partial charge in [0.2, 0.25) is 0 Å². The lowest BCUT2D eigenvalue weighted by atomic mass is 9.76. The summed E-state index contributed by atoms with van der Waals surface area (Å²) < 4.78 is 14.6. The fraction of sp³-hybridized carbons (Fsp3) is 0.212. The third kappa shape index (κ3) is 3.96. The Labute approximate surface area is 234 Å². The number of hydrogen-bond acceptors (Lipinski definition) is 4. The Balaban J connectivity index is 1.66. The molecule has 1 amide bonds. The van der Waals surface area contributed by atoms with E-state index in [2.05, 4.69) is 36.4 Å². The van der Waals surface area contributed by atoms with Gasteiger partial charge in [0.25, 0.3) is 5.91 Å². The van der Waals surface area contributed by atoms with Crippen molar-refractivity contribution in [2.24, 2.45) is 5.73 Å². The molecule has 2 N–H and O–H groups in total. The normalized spacial score (nSPS) is 16.4. The Bertz CT molecular complexity index is 1570. The molecule has 0 aliphatic carbocycles. The van der Waals surface area contributed by atoms with Crippen LogP contribution in [0.1, 0.15) is 54.9 Å². The minimum atomic E-state index is -0.887. The molecule has 6 rings (SSSR count). The van der Waals surface area contributed by atoms with E-state index in [1.165, 1.54) is 0 Å². The van der Waals surface area contributed by atoms with Gasteiger partial charge in [-0.2, -0.15) is 5.10 Å². The van der Waals surface area contributed by atoms with Gasteiger partial charge in [-0.15, -0.1) is 0 Å². The van der Waals surface area contributed by atoms with E-state index in [1.54, 1.807) is 0 Å². The summed E-state index contributed by atoms with van der Waals surface area (Å²) in [5, 5.41) is 5.62. The second-order valence-electron chi connectivity index (χ2n) is 11.3. The van der Waals surface area contributed by atoms with Crippen LogP contribution < -0.4 is 11.2 Å². The summed E-state index contributed by atoms with van der Waals surface area (Å²) in [6.07, 6.45) is 0. The smallest absolute Gasteiger partial charge is 0.399 e. The molecule has 0 bridgehead atoms. The minimum absolute atomic E-state index is 0.195. The molecule has 1 saturated heterocycles. The summed E-state index contributed by atoms with van der Waals surface area (Å²) in [6.45, 7) is 8.08. The number of carbonyl (C=O) groups excluding carboxylic acids is 1. The number of primary amides is 1. The van der Waals surface area contributed by atoms with Crippen LogP contribution in [-0.4, -0.2) is 34.0 Å². The maximum absolute atomic E-state index is 12.9. The first-order valence-corrected chi connectivity index (χ1v) is 13.5. The van der Waals surface area contributed by atoms with Crippen LogP contribution in [0.3, 0.4) is 0 Å². The van der Waals surface area contributed by atoms with E-state index in [9.17, 15) is 4.79 Å². The van der Waals surface area contributed by atoms with Crippen molar-refractivity contribution in [3.05, 3.63) is 132 Å². The molecular formula is C33H32BN3O3. The number of rotatable bonds is 6. The molecule has 200 valence electrons. The molecular weight excluding hydrogens is 497 g/mol. The number of amides is 1. The summed E-state index contributed by atoms with van der Waals surface area (Å²) >= 11 is 0. The van der Waals surface area contributed by atoms with Gasteiger partial charge < -0.3 is 15.0 Å². The summed E-state index contributed by atoms with van der Waals surface area (Å²) in [5.41, 5.74) is 8.87. The molecule has 1 aromatic heterocycles. The van der Waals surface area contributed by atoms with Crippen molar-refractivity contribution in [1.29, 1.82) is 0 Å². The minimum Gasteiger partial charge on any atom is -0.399 e. The van der Waals surface area contributed by atoms with Crippen molar-refractivity contribution >= 4 is 29.4 Å². The predicted octanol–water partition coefficient (Wildman–Crippen LogP) is 5.27. The van der Waals surface area contributed by atoms with E-state index in [0.29, 0.717) is 5.39 Å². The monoisotopic (exact) mass is 529 g/mol. The van der Waals surface area contributed by atoms with Gasteiger partial charge in [-0.1, -0.05) is 103 Å². The van der Waals surface area contributed by atoms with E-state index in [0.717, 1.165) is 27.7 Å². The van der Waals surface area contributed by atoms with Gasteiger partial charge in [-0.05, 0) is 55.9 Å². The lowest BCUT2D eigenvalue weighted by Crippen LogP contribution is -2.41.